The van der Waals surface area contributed by atoms with Gasteiger partial charge < -0.3 is 10.7 Å². The first-order valence-corrected chi connectivity index (χ1v) is 5.35. The van der Waals surface area contributed by atoms with Crippen LogP contribution in [0.15, 0.2) is 36.8 Å². The lowest BCUT2D eigenvalue weighted by Gasteiger charge is -2.09. The zero-order valence-electron chi connectivity index (χ0n) is 9.84. The number of aryl methyl sites for hydroxylation is 1. The van der Waals surface area contributed by atoms with E-state index in [1.807, 2.05) is 6.92 Å². The number of aromatic nitrogens is 2. The molecule has 0 aromatic carbocycles. The number of carbonyl (C=O) groups excluding carboxylic acids is 1. The predicted molar refractivity (Wildman–Crippen MR) is 69.0 cm³/mol. The molecule has 6 heteroatoms. The van der Waals surface area contributed by atoms with Gasteiger partial charge in [0.05, 0.1) is 23.1 Å². The van der Waals surface area contributed by atoms with Crippen molar-refractivity contribution in [1.82, 2.24) is 9.97 Å². The molecule has 0 saturated heterocycles. The topological polar surface area (TPSA) is 92.9 Å². The molecule has 0 saturated carbocycles. The molecule has 0 atom stereocenters. The zero-order valence-corrected chi connectivity index (χ0v) is 9.84. The number of nitrogens with two attached hydrogens (primary N) is 1. The first-order chi connectivity index (χ1) is 8.70. The Balaban J connectivity index is 2.24. The van der Waals surface area contributed by atoms with E-state index in [4.69, 9.17) is 5.84 Å². The highest BCUT2D eigenvalue weighted by Crippen LogP contribution is 2.16. The van der Waals surface area contributed by atoms with Crippen molar-refractivity contribution in [2.45, 2.75) is 6.92 Å². The third-order valence-electron chi connectivity index (χ3n) is 2.36. The number of hydrogen-bond donors (Lipinski definition) is 3. The molecule has 18 heavy (non-hydrogen) atoms. The number of pyridine rings is 2. The van der Waals surface area contributed by atoms with Gasteiger partial charge in [0.15, 0.2) is 0 Å². The molecule has 2 heterocycles. The molecular weight excluding hydrogens is 230 g/mol. The van der Waals surface area contributed by atoms with Gasteiger partial charge in [-0.05, 0) is 25.1 Å². The summed E-state index contributed by atoms with van der Waals surface area (Å²) in [7, 11) is 0. The minimum Gasteiger partial charge on any atom is -0.323 e. The number of hydrazine groups is 1. The molecule has 0 aliphatic carbocycles. The summed E-state index contributed by atoms with van der Waals surface area (Å²) in [6.07, 6.45) is 4.68. The molecule has 2 rings (SSSR count). The van der Waals surface area contributed by atoms with Gasteiger partial charge in [-0.1, -0.05) is 0 Å². The van der Waals surface area contributed by atoms with E-state index < -0.39 is 0 Å². The van der Waals surface area contributed by atoms with Crippen molar-refractivity contribution < 1.29 is 4.79 Å². The van der Waals surface area contributed by atoms with E-state index in [0.717, 1.165) is 5.69 Å². The molecule has 92 valence electrons. The molecule has 0 bridgehead atoms. The molecule has 0 radical (unpaired) electrons. The second kappa shape index (κ2) is 5.24. The second-order valence-electron chi connectivity index (χ2n) is 3.71. The van der Waals surface area contributed by atoms with Crippen LogP contribution in [0, 0.1) is 6.92 Å². The number of nitrogens with one attached hydrogen (secondary N) is 2. The Bertz CT molecular complexity index is 556. The molecule has 1 amide bonds. The van der Waals surface area contributed by atoms with Crippen molar-refractivity contribution in [2.24, 2.45) is 5.84 Å². The average Bonchev–Trinajstić information content (AvgIpc) is 2.39. The van der Waals surface area contributed by atoms with E-state index in [2.05, 4.69) is 20.7 Å². The fourth-order valence-electron chi connectivity index (χ4n) is 1.50. The Morgan fingerprint density at radius 2 is 2.22 bits per heavy atom. The van der Waals surface area contributed by atoms with Gasteiger partial charge in [0.1, 0.15) is 0 Å². The maximum atomic E-state index is 12.0. The quantitative estimate of drug-likeness (QED) is 0.558. The first-order valence-electron chi connectivity index (χ1n) is 5.35. The van der Waals surface area contributed by atoms with Crippen LogP contribution in [-0.4, -0.2) is 15.9 Å². The monoisotopic (exact) mass is 243 g/mol. The van der Waals surface area contributed by atoms with E-state index in [0.29, 0.717) is 16.9 Å². The maximum absolute atomic E-state index is 12.0. The lowest BCUT2D eigenvalue weighted by atomic mass is 10.2. The smallest absolute Gasteiger partial charge is 0.259 e. The highest BCUT2D eigenvalue weighted by atomic mass is 16.1. The molecule has 0 spiro atoms. The fourth-order valence-corrected chi connectivity index (χ4v) is 1.50. The number of anilines is 2. The summed E-state index contributed by atoms with van der Waals surface area (Å²) >= 11 is 0. The van der Waals surface area contributed by atoms with E-state index in [1.54, 1.807) is 30.6 Å². The molecular formula is C12H13N5O. The van der Waals surface area contributed by atoms with Gasteiger partial charge in [0.2, 0.25) is 0 Å². The van der Waals surface area contributed by atoms with Gasteiger partial charge in [-0.25, -0.2) is 0 Å². The lowest BCUT2D eigenvalue weighted by molar-refractivity contribution is 0.102. The van der Waals surface area contributed by atoms with E-state index in [-0.39, 0.29) is 5.91 Å². The Morgan fingerprint density at radius 3 is 2.89 bits per heavy atom. The third kappa shape index (κ3) is 2.61. The van der Waals surface area contributed by atoms with Crippen molar-refractivity contribution in [1.29, 1.82) is 0 Å². The summed E-state index contributed by atoms with van der Waals surface area (Å²) in [5.74, 6) is 5.09. The summed E-state index contributed by atoms with van der Waals surface area (Å²) in [5, 5.41) is 2.72. The minimum atomic E-state index is -0.288. The zero-order chi connectivity index (χ0) is 13.0. The van der Waals surface area contributed by atoms with Crippen molar-refractivity contribution >= 4 is 17.3 Å². The van der Waals surface area contributed by atoms with Crippen LogP contribution in [0.2, 0.25) is 0 Å². The minimum absolute atomic E-state index is 0.288. The number of nitrogens with zero attached hydrogens (tertiary/aromatic N) is 2. The van der Waals surface area contributed by atoms with Gasteiger partial charge in [-0.3, -0.25) is 20.6 Å². The lowest BCUT2D eigenvalue weighted by Crippen LogP contribution is -2.18. The Morgan fingerprint density at radius 1 is 1.39 bits per heavy atom. The Kier molecular flexibility index (Phi) is 3.49. The SMILES string of the molecule is Cc1cc(NN)c(C(=O)Nc2cccnc2)cn1. The standard InChI is InChI=1S/C12H13N5O/c1-8-5-11(17-13)10(7-15-8)12(18)16-9-3-2-4-14-6-9/h2-7H,13H2,1H3,(H,15,17)(H,16,18). The second-order valence-corrected chi connectivity index (χ2v) is 3.71. The highest BCUT2D eigenvalue weighted by molar-refractivity contribution is 6.07. The van der Waals surface area contributed by atoms with Crippen molar-refractivity contribution in [3.63, 3.8) is 0 Å². The van der Waals surface area contributed by atoms with Crippen LogP contribution >= 0.6 is 0 Å². The number of hydrogen-bond acceptors (Lipinski definition) is 5. The molecule has 2 aromatic heterocycles. The van der Waals surface area contributed by atoms with Gasteiger partial charge in [-0.15, -0.1) is 0 Å². The van der Waals surface area contributed by atoms with E-state index in [9.17, 15) is 4.79 Å². The van der Waals surface area contributed by atoms with Gasteiger partial charge in [-0.2, -0.15) is 0 Å². The van der Waals surface area contributed by atoms with Crippen molar-refractivity contribution in [2.75, 3.05) is 10.7 Å². The maximum Gasteiger partial charge on any atom is 0.259 e. The van der Waals surface area contributed by atoms with Crippen LogP contribution < -0.4 is 16.6 Å². The Hall–Kier alpha value is -2.47. The number of carbonyl (C=O) groups is 1. The van der Waals surface area contributed by atoms with Crippen LogP contribution in [-0.2, 0) is 0 Å². The largest absolute Gasteiger partial charge is 0.323 e. The van der Waals surface area contributed by atoms with Crippen LogP contribution in [0.5, 0.6) is 0 Å². The summed E-state index contributed by atoms with van der Waals surface area (Å²) in [4.78, 5) is 20.0. The van der Waals surface area contributed by atoms with Crippen LogP contribution in [0.4, 0.5) is 11.4 Å². The predicted octanol–water partition coefficient (Wildman–Crippen LogP) is 1.32. The summed E-state index contributed by atoms with van der Waals surface area (Å²) in [5.41, 5.74) is 4.79. The summed E-state index contributed by atoms with van der Waals surface area (Å²) < 4.78 is 0. The fraction of sp³-hybridized carbons (Fsp3) is 0.0833. The highest BCUT2D eigenvalue weighted by Gasteiger charge is 2.12. The van der Waals surface area contributed by atoms with Crippen molar-refractivity contribution in [3.8, 4) is 0 Å². The summed E-state index contributed by atoms with van der Waals surface area (Å²) in [6.45, 7) is 1.82. The molecule has 2 aromatic rings. The number of rotatable bonds is 3. The van der Waals surface area contributed by atoms with Crippen LogP contribution in [0.25, 0.3) is 0 Å². The van der Waals surface area contributed by atoms with E-state index >= 15 is 0 Å². The van der Waals surface area contributed by atoms with Gasteiger partial charge in [0, 0.05) is 18.1 Å². The molecule has 0 aliphatic rings. The van der Waals surface area contributed by atoms with Crippen LogP contribution in [0.1, 0.15) is 16.1 Å². The summed E-state index contributed by atoms with van der Waals surface area (Å²) in [6, 6.07) is 5.20. The molecule has 4 N–H and O–H groups in total. The van der Waals surface area contributed by atoms with E-state index in [1.165, 1.54) is 6.20 Å². The van der Waals surface area contributed by atoms with Gasteiger partial charge >= 0.3 is 0 Å². The Labute approximate surface area is 104 Å². The third-order valence-corrected chi connectivity index (χ3v) is 2.36. The average molecular weight is 243 g/mol. The van der Waals surface area contributed by atoms with Gasteiger partial charge in [0.25, 0.3) is 5.91 Å². The van der Waals surface area contributed by atoms with Crippen LogP contribution in [0.3, 0.4) is 0 Å². The van der Waals surface area contributed by atoms with Crippen molar-refractivity contribution in [3.05, 3.63) is 48.0 Å². The molecule has 6 nitrogen and oxygen atoms in total. The number of amides is 1. The first kappa shape index (κ1) is 12.0. The normalized spacial score (nSPS) is 9.89. The molecule has 0 unspecified atom stereocenters. The number of nitrogen functional groups attached to an aromatic ring is 1. The molecule has 0 aliphatic heterocycles. The molecule has 0 fully saturated rings.